The molecule has 1 fully saturated rings. The number of carbonyl (C=O) groups excluding carboxylic acids is 1. The molecule has 0 saturated carbocycles. The van der Waals surface area contributed by atoms with E-state index in [9.17, 15) is 18.0 Å². The maximum atomic E-state index is 13.0. The Morgan fingerprint density at radius 2 is 1.94 bits per heavy atom. The molecule has 1 N–H and O–H groups in total. The molecule has 0 spiro atoms. The summed E-state index contributed by atoms with van der Waals surface area (Å²) in [7, 11) is 0. The van der Waals surface area contributed by atoms with Crippen molar-refractivity contribution in [2.75, 3.05) is 13.2 Å². The fraction of sp³-hybridized carbons (Fsp3) is 0.417. The van der Waals surface area contributed by atoms with Crippen LogP contribution in [-0.2, 0) is 0 Å². The summed E-state index contributed by atoms with van der Waals surface area (Å²) in [5.41, 5.74) is -0.244. The molecular weight excluding hydrogens is 247 g/mol. The van der Waals surface area contributed by atoms with E-state index in [4.69, 9.17) is 5.11 Å². The van der Waals surface area contributed by atoms with E-state index >= 15 is 0 Å². The summed E-state index contributed by atoms with van der Waals surface area (Å²) in [5, 5.41) is 9.08. The van der Waals surface area contributed by atoms with Crippen molar-refractivity contribution in [2.24, 2.45) is 0 Å². The van der Waals surface area contributed by atoms with Crippen LogP contribution < -0.4 is 0 Å². The molecule has 1 saturated heterocycles. The van der Waals surface area contributed by atoms with Crippen molar-refractivity contribution in [1.82, 2.24) is 4.90 Å². The maximum absolute atomic E-state index is 13.0. The quantitative estimate of drug-likeness (QED) is 0.821. The molecule has 1 aromatic rings. The summed E-state index contributed by atoms with van der Waals surface area (Å²) in [5.74, 6) is -4.97. The third-order valence-electron chi connectivity index (χ3n) is 3.08. The van der Waals surface area contributed by atoms with Crippen molar-refractivity contribution in [2.45, 2.75) is 18.9 Å². The van der Waals surface area contributed by atoms with Crippen LogP contribution in [0.25, 0.3) is 0 Å². The number of nitrogens with zero attached hydrogens (tertiary/aromatic N) is 1. The molecule has 1 aromatic carbocycles. The van der Waals surface area contributed by atoms with Crippen LogP contribution in [0.3, 0.4) is 0 Å². The molecule has 1 aliphatic rings. The van der Waals surface area contributed by atoms with Crippen molar-refractivity contribution in [1.29, 1.82) is 0 Å². The minimum absolute atomic E-state index is 0.197. The van der Waals surface area contributed by atoms with Crippen molar-refractivity contribution >= 4 is 5.91 Å². The normalized spacial score (nSPS) is 19.3. The maximum Gasteiger partial charge on any atom is 0.254 e. The average Bonchev–Trinajstić information content (AvgIpc) is 2.82. The summed E-state index contributed by atoms with van der Waals surface area (Å²) in [6.45, 7) is 0.225. The summed E-state index contributed by atoms with van der Waals surface area (Å²) >= 11 is 0. The highest BCUT2D eigenvalue weighted by atomic mass is 19.2. The Balaban J connectivity index is 2.29. The monoisotopic (exact) mass is 259 g/mol. The van der Waals surface area contributed by atoms with E-state index in [-0.39, 0.29) is 18.2 Å². The van der Waals surface area contributed by atoms with E-state index in [1.54, 1.807) is 0 Å². The van der Waals surface area contributed by atoms with Gasteiger partial charge in [0, 0.05) is 12.1 Å². The number of halogens is 3. The highest BCUT2D eigenvalue weighted by Gasteiger charge is 2.29. The van der Waals surface area contributed by atoms with Crippen LogP contribution in [0.1, 0.15) is 23.2 Å². The smallest absolute Gasteiger partial charge is 0.254 e. The first-order valence-corrected chi connectivity index (χ1v) is 5.61. The molecule has 0 bridgehead atoms. The molecular formula is C12H12F3NO2. The second-order valence-corrected chi connectivity index (χ2v) is 4.23. The van der Waals surface area contributed by atoms with Crippen LogP contribution in [-0.4, -0.2) is 35.1 Å². The van der Waals surface area contributed by atoms with E-state index in [0.717, 1.165) is 6.42 Å². The third-order valence-corrected chi connectivity index (χ3v) is 3.08. The van der Waals surface area contributed by atoms with Gasteiger partial charge in [0.25, 0.3) is 5.91 Å². The molecule has 0 radical (unpaired) electrons. The molecule has 1 aliphatic heterocycles. The summed E-state index contributed by atoms with van der Waals surface area (Å²) in [4.78, 5) is 13.3. The number of amides is 1. The average molecular weight is 259 g/mol. The molecule has 18 heavy (non-hydrogen) atoms. The van der Waals surface area contributed by atoms with Crippen molar-refractivity contribution in [3.8, 4) is 0 Å². The minimum atomic E-state index is -1.59. The van der Waals surface area contributed by atoms with Gasteiger partial charge < -0.3 is 10.0 Å². The predicted octanol–water partition coefficient (Wildman–Crippen LogP) is 1.70. The third kappa shape index (κ3) is 2.20. The van der Waals surface area contributed by atoms with Gasteiger partial charge >= 0.3 is 0 Å². The fourth-order valence-corrected chi connectivity index (χ4v) is 2.14. The standard InChI is InChI=1S/C12H12F3NO2/c13-9-4-7(5-10(14)11(9)15)12(18)16-3-1-2-8(16)6-17/h4-5,8,17H,1-3,6H2/t8-/m1/s1. The Labute approximate surface area is 102 Å². The number of likely N-dealkylation sites (tertiary alicyclic amines) is 1. The van der Waals surface area contributed by atoms with Crippen molar-refractivity contribution in [3.63, 3.8) is 0 Å². The zero-order valence-electron chi connectivity index (χ0n) is 9.50. The van der Waals surface area contributed by atoms with E-state index in [1.165, 1.54) is 4.90 Å². The zero-order valence-corrected chi connectivity index (χ0v) is 9.50. The first kappa shape index (κ1) is 12.9. The number of aliphatic hydroxyl groups excluding tert-OH is 1. The number of carbonyl (C=O) groups is 1. The topological polar surface area (TPSA) is 40.5 Å². The van der Waals surface area contributed by atoms with Gasteiger partial charge in [-0.15, -0.1) is 0 Å². The van der Waals surface area contributed by atoms with Gasteiger partial charge in [0.1, 0.15) is 0 Å². The molecule has 3 nitrogen and oxygen atoms in total. The Hall–Kier alpha value is -1.56. The highest BCUT2D eigenvalue weighted by molar-refractivity contribution is 5.94. The first-order chi connectivity index (χ1) is 8.54. The summed E-state index contributed by atoms with van der Waals surface area (Å²) in [6.07, 6.45) is 1.37. The first-order valence-electron chi connectivity index (χ1n) is 5.61. The number of aliphatic hydroxyl groups is 1. The Kier molecular flexibility index (Phi) is 3.56. The molecule has 1 amide bonds. The van der Waals surface area contributed by atoms with Gasteiger partial charge in [-0.1, -0.05) is 0 Å². The van der Waals surface area contributed by atoms with Gasteiger partial charge in [-0.3, -0.25) is 4.79 Å². The zero-order chi connectivity index (χ0) is 13.3. The number of hydrogen-bond donors (Lipinski definition) is 1. The van der Waals surface area contributed by atoms with Crippen molar-refractivity contribution in [3.05, 3.63) is 35.1 Å². The molecule has 0 unspecified atom stereocenters. The van der Waals surface area contributed by atoms with Crippen LogP contribution in [0.5, 0.6) is 0 Å². The molecule has 2 rings (SSSR count). The Bertz CT molecular complexity index is 455. The van der Waals surface area contributed by atoms with Gasteiger partial charge in [-0.25, -0.2) is 13.2 Å². The van der Waals surface area contributed by atoms with Gasteiger partial charge in [-0.05, 0) is 25.0 Å². The second kappa shape index (κ2) is 4.97. The lowest BCUT2D eigenvalue weighted by Gasteiger charge is -2.23. The lowest BCUT2D eigenvalue weighted by Crippen LogP contribution is -2.37. The van der Waals surface area contributed by atoms with E-state index in [2.05, 4.69) is 0 Å². The van der Waals surface area contributed by atoms with Gasteiger partial charge in [-0.2, -0.15) is 0 Å². The molecule has 1 heterocycles. The van der Waals surface area contributed by atoms with Crippen LogP contribution in [0.2, 0.25) is 0 Å². The largest absolute Gasteiger partial charge is 0.394 e. The molecule has 0 aliphatic carbocycles. The lowest BCUT2D eigenvalue weighted by molar-refractivity contribution is 0.0676. The summed E-state index contributed by atoms with van der Waals surface area (Å²) < 4.78 is 38.8. The Morgan fingerprint density at radius 1 is 1.33 bits per heavy atom. The fourth-order valence-electron chi connectivity index (χ4n) is 2.14. The van der Waals surface area contributed by atoms with Crippen molar-refractivity contribution < 1.29 is 23.1 Å². The van der Waals surface area contributed by atoms with E-state index < -0.39 is 23.4 Å². The number of rotatable bonds is 2. The molecule has 98 valence electrons. The van der Waals surface area contributed by atoms with Crippen LogP contribution in [0.15, 0.2) is 12.1 Å². The number of hydrogen-bond acceptors (Lipinski definition) is 2. The molecule has 0 aromatic heterocycles. The van der Waals surface area contributed by atoms with E-state index in [0.29, 0.717) is 25.1 Å². The van der Waals surface area contributed by atoms with E-state index in [1.807, 2.05) is 0 Å². The molecule has 6 heteroatoms. The second-order valence-electron chi connectivity index (χ2n) is 4.23. The highest BCUT2D eigenvalue weighted by Crippen LogP contribution is 2.21. The lowest BCUT2D eigenvalue weighted by atomic mass is 10.1. The predicted molar refractivity (Wildman–Crippen MR) is 57.5 cm³/mol. The van der Waals surface area contributed by atoms with Gasteiger partial charge in [0.15, 0.2) is 17.5 Å². The SMILES string of the molecule is O=C(c1cc(F)c(F)c(F)c1)N1CCC[C@@H]1CO. The van der Waals surface area contributed by atoms with Gasteiger partial charge in [0.05, 0.1) is 12.6 Å². The molecule has 1 atom stereocenters. The van der Waals surface area contributed by atoms with Crippen LogP contribution in [0, 0.1) is 17.5 Å². The van der Waals surface area contributed by atoms with Crippen LogP contribution >= 0.6 is 0 Å². The summed E-state index contributed by atoms with van der Waals surface area (Å²) in [6, 6.07) is 1.01. The van der Waals surface area contributed by atoms with Crippen LogP contribution in [0.4, 0.5) is 13.2 Å². The Morgan fingerprint density at radius 3 is 2.50 bits per heavy atom. The van der Waals surface area contributed by atoms with Gasteiger partial charge in [0.2, 0.25) is 0 Å². The number of benzene rings is 1. The minimum Gasteiger partial charge on any atom is -0.394 e.